The third kappa shape index (κ3) is 2.98. The minimum Gasteiger partial charge on any atom is -0.389 e. The fourth-order valence-electron chi connectivity index (χ4n) is 3.41. The molecule has 0 amide bonds. The Hall–Kier alpha value is -0.0800. The quantitative estimate of drug-likeness (QED) is 0.798. The molecule has 3 atom stereocenters. The van der Waals surface area contributed by atoms with Crippen LogP contribution in [-0.2, 0) is 0 Å². The monoisotopic (exact) mass is 225 g/mol. The molecule has 1 saturated carbocycles. The lowest BCUT2D eigenvalue weighted by atomic mass is 9.75. The second-order valence-electron chi connectivity index (χ2n) is 6.18. The largest absolute Gasteiger partial charge is 0.389 e. The maximum Gasteiger partial charge on any atom is 0.0743 e. The second-order valence-corrected chi connectivity index (χ2v) is 6.18. The number of β-amino-alcohol motifs (C(OH)–C–C–N with tert-alkyl or cyclic N) is 1. The smallest absolute Gasteiger partial charge is 0.0743 e. The lowest BCUT2D eigenvalue weighted by Gasteiger charge is -2.43. The lowest BCUT2D eigenvalue weighted by Crippen LogP contribution is -2.48. The van der Waals surface area contributed by atoms with E-state index in [2.05, 4.69) is 11.8 Å². The highest BCUT2D eigenvalue weighted by Crippen LogP contribution is 2.36. The Kier molecular flexibility index (Phi) is 3.91. The number of rotatable bonds is 3. The zero-order chi connectivity index (χ0) is 11.6. The van der Waals surface area contributed by atoms with Crippen molar-refractivity contribution in [2.45, 2.75) is 58.0 Å². The normalized spacial score (nSPS) is 35.4. The van der Waals surface area contributed by atoms with Crippen LogP contribution >= 0.6 is 0 Å². The first-order valence-corrected chi connectivity index (χ1v) is 7.05. The van der Waals surface area contributed by atoms with Crippen molar-refractivity contribution < 1.29 is 5.11 Å². The Labute approximate surface area is 100 Å². The number of piperidine rings is 1. The van der Waals surface area contributed by atoms with Gasteiger partial charge in [-0.15, -0.1) is 0 Å². The van der Waals surface area contributed by atoms with Gasteiger partial charge in [0.1, 0.15) is 0 Å². The standard InChI is InChI=1S/C14H27NO/c1-3-14(2,16)11-15-9-8-12-6-4-5-7-13(12)10-15/h12-13,16H,3-11H2,1-2H3. The van der Waals surface area contributed by atoms with Crippen LogP contribution in [0.5, 0.6) is 0 Å². The molecule has 0 bridgehead atoms. The zero-order valence-corrected chi connectivity index (χ0v) is 10.9. The van der Waals surface area contributed by atoms with E-state index in [0.717, 1.165) is 24.8 Å². The molecule has 2 rings (SSSR count). The van der Waals surface area contributed by atoms with Crippen LogP contribution in [0, 0.1) is 11.8 Å². The van der Waals surface area contributed by atoms with E-state index in [4.69, 9.17) is 0 Å². The average molecular weight is 225 g/mol. The van der Waals surface area contributed by atoms with Gasteiger partial charge in [-0.2, -0.15) is 0 Å². The van der Waals surface area contributed by atoms with Gasteiger partial charge in [-0.1, -0.05) is 26.2 Å². The Bertz CT molecular complexity index is 227. The van der Waals surface area contributed by atoms with Crippen molar-refractivity contribution in [1.29, 1.82) is 0 Å². The summed E-state index contributed by atoms with van der Waals surface area (Å²) in [7, 11) is 0. The summed E-state index contributed by atoms with van der Waals surface area (Å²) in [6.45, 7) is 7.36. The van der Waals surface area contributed by atoms with Crippen molar-refractivity contribution in [1.82, 2.24) is 4.90 Å². The summed E-state index contributed by atoms with van der Waals surface area (Å²) in [5.41, 5.74) is -0.485. The molecule has 0 aromatic rings. The van der Waals surface area contributed by atoms with Crippen molar-refractivity contribution in [3.8, 4) is 0 Å². The van der Waals surface area contributed by atoms with Crippen LogP contribution in [0.15, 0.2) is 0 Å². The summed E-state index contributed by atoms with van der Waals surface area (Å²) >= 11 is 0. The van der Waals surface area contributed by atoms with E-state index < -0.39 is 5.60 Å². The molecule has 2 fully saturated rings. The minimum atomic E-state index is -0.485. The van der Waals surface area contributed by atoms with Gasteiger partial charge in [-0.05, 0) is 44.6 Å². The molecule has 94 valence electrons. The number of aliphatic hydroxyl groups is 1. The zero-order valence-electron chi connectivity index (χ0n) is 10.9. The fraction of sp³-hybridized carbons (Fsp3) is 1.00. The van der Waals surface area contributed by atoms with E-state index in [0.29, 0.717) is 0 Å². The van der Waals surface area contributed by atoms with E-state index in [-0.39, 0.29) is 0 Å². The van der Waals surface area contributed by atoms with E-state index in [1.807, 2.05) is 6.92 Å². The van der Waals surface area contributed by atoms with Gasteiger partial charge in [0.05, 0.1) is 5.60 Å². The maximum atomic E-state index is 10.1. The summed E-state index contributed by atoms with van der Waals surface area (Å²) < 4.78 is 0. The molecule has 1 aliphatic carbocycles. The van der Waals surface area contributed by atoms with Crippen LogP contribution in [0.2, 0.25) is 0 Å². The Balaban J connectivity index is 1.85. The maximum absolute atomic E-state index is 10.1. The molecule has 2 aliphatic rings. The number of nitrogens with zero attached hydrogens (tertiary/aromatic N) is 1. The highest BCUT2D eigenvalue weighted by Gasteiger charge is 2.33. The summed E-state index contributed by atoms with van der Waals surface area (Å²) in [4.78, 5) is 2.50. The molecular weight excluding hydrogens is 198 g/mol. The molecule has 2 heteroatoms. The van der Waals surface area contributed by atoms with Crippen LogP contribution in [0.25, 0.3) is 0 Å². The summed E-state index contributed by atoms with van der Waals surface area (Å²) in [5, 5.41) is 10.1. The van der Waals surface area contributed by atoms with Crippen molar-refractivity contribution in [3.63, 3.8) is 0 Å². The predicted octanol–water partition coefficient (Wildman–Crippen LogP) is 2.66. The molecular formula is C14H27NO. The van der Waals surface area contributed by atoms with Crippen molar-refractivity contribution in [2.24, 2.45) is 11.8 Å². The van der Waals surface area contributed by atoms with Crippen molar-refractivity contribution in [2.75, 3.05) is 19.6 Å². The topological polar surface area (TPSA) is 23.5 Å². The fourth-order valence-corrected chi connectivity index (χ4v) is 3.41. The van der Waals surface area contributed by atoms with Crippen molar-refractivity contribution >= 4 is 0 Å². The van der Waals surface area contributed by atoms with Crippen LogP contribution in [-0.4, -0.2) is 35.2 Å². The summed E-state index contributed by atoms with van der Waals surface area (Å²) in [6.07, 6.45) is 7.99. The number of fused-ring (bicyclic) bond motifs is 1. The lowest BCUT2D eigenvalue weighted by molar-refractivity contribution is -0.0104. The van der Waals surface area contributed by atoms with Gasteiger partial charge < -0.3 is 10.0 Å². The first-order valence-electron chi connectivity index (χ1n) is 7.05. The molecule has 16 heavy (non-hydrogen) atoms. The van der Waals surface area contributed by atoms with Crippen LogP contribution in [0.3, 0.4) is 0 Å². The second kappa shape index (κ2) is 5.05. The highest BCUT2D eigenvalue weighted by molar-refractivity contribution is 4.86. The molecule has 0 radical (unpaired) electrons. The summed E-state index contributed by atoms with van der Waals surface area (Å²) in [5.74, 6) is 1.92. The molecule has 3 unspecified atom stereocenters. The van der Waals surface area contributed by atoms with E-state index in [9.17, 15) is 5.11 Å². The SMILES string of the molecule is CCC(C)(O)CN1CCC2CCCCC2C1. The Morgan fingerprint density at radius 3 is 2.56 bits per heavy atom. The van der Waals surface area contributed by atoms with Gasteiger partial charge in [0.15, 0.2) is 0 Å². The highest BCUT2D eigenvalue weighted by atomic mass is 16.3. The van der Waals surface area contributed by atoms with E-state index >= 15 is 0 Å². The van der Waals surface area contributed by atoms with Gasteiger partial charge in [-0.25, -0.2) is 0 Å². The molecule has 1 saturated heterocycles. The van der Waals surface area contributed by atoms with Gasteiger partial charge >= 0.3 is 0 Å². The molecule has 0 aromatic heterocycles. The molecule has 0 spiro atoms. The number of likely N-dealkylation sites (tertiary alicyclic amines) is 1. The molecule has 2 nitrogen and oxygen atoms in total. The molecule has 1 aliphatic heterocycles. The van der Waals surface area contributed by atoms with Crippen LogP contribution < -0.4 is 0 Å². The van der Waals surface area contributed by atoms with E-state index in [1.165, 1.54) is 45.2 Å². The van der Waals surface area contributed by atoms with Gasteiger partial charge in [-0.3, -0.25) is 0 Å². The van der Waals surface area contributed by atoms with E-state index in [1.54, 1.807) is 0 Å². The summed E-state index contributed by atoms with van der Waals surface area (Å²) in [6, 6.07) is 0. The Morgan fingerprint density at radius 2 is 1.88 bits per heavy atom. The van der Waals surface area contributed by atoms with Gasteiger partial charge in [0.2, 0.25) is 0 Å². The third-order valence-corrected chi connectivity index (χ3v) is 4.70. The average Bonchev–Trinajstić information content (AvgIpc) is 2.28. The molecule has 1 heterocycles. The predicted molar refractivity (Wildman–Crippen MR) is 67.4 cm³/mol. The van der Waals surface area contributed by atoms with Gasteiger partial charge in [0, 0.05) is 13.1 Å². The number of hydrogen-bond acceptors (Lipinski definition) is 2. The Morgan fingerprint density at radius 1 is 1.19 bits per heavy atom. The minimum absolute atomic E-state index is 0.485. The molecule has 0 aromatic carbocycles. The number of hydrogen-bond donors (Lipinski definition) is 1. The van der Waals surface area contributed by atoms with Crippen LogP contribution in [0.4, 0.5) is 0 Å². The third-order valence-electron chi connectivity index (χ3n) is 4.70. The van der Waals surface area contributed by atoms with Gasteiger partial charge in [0.25, 0.3) is 0 Å². The molecule has 1 N–H and O–H groups in total. The first kappa shape index (κ1) is 12.4. The van der Waals surface area contributed by atoms with Crippen LogP contribution in [0.1, 0.15) is 52.4 Å². The first-order chi connectivity index (χ1) is 7.61. The van der Waals surface area contributed by atoms with Crippen molar-refractivity contribution in [3.05, 3.63) is 0 Å².